The van der Waals surface area contributed by atoms with Gasteiger partial charge in [-0.05, 0) is 42.2 Å². The van der Waals surface area contributed by atoms with Crippen LogP contribution < -0.4 is 20.1 Å². The van der Waals surface area contributed by atoms with Crippen molar-refractivity contribution in [3.63, 3.8) is 0 Å². The second-order valence-corrected chi connectivity index (χ2v) is 7.21. The van der Waals surface area contributed by atoms with Crippen molar-refractivity contribution in [2.45, 2.75) is 26.4 Å². The highest BCUT2D eigenvalue weighted by atomic mass is 127. The van der Waals surface area contributed by atoms with Crippen molar-refractivity contribution in [3.8, 4) is 11.5 Å². The molecule has 0 radical (unpaired) electrons. The monoisotopic (exact) mass is 549 g/mol. The molecule has 2 aromatic carbocycles. The molecule has 3 rings (SSSR count). The molecule has 1 heterocycles. The number of guanidine groups is 1. The van der Waals surface area contributed by atoms with E-state index in [-0.39, 0.29) is 24.0 Å². The van der Waals surface area contributed by atoms with Gasteiger partial charge in [-0.2, -0.15) is 0 Å². The molecule has 0 saturated heterocycles. The number of nitrogens with one attached hydrogen (secondary N) is 2. The van der Waals surface area contributed by atoms with Crippen LogP contribution in [0.3, 0.4) is 0 Å². The number of aliphatic imine (C=N–C) groups is 1. The molecular formula is C24H32IN5O2. The number of hydrogen-bond acceptors (Lipinski definition) is 4. The van der Waals surface area contributed by atoms with Crippen LogP contribution in [0.2, 0.25) is 0 Å². The lowest BCUT2D eigenvalue weighted by Crippen LogP contribution is -2.37. The topological polar surface area (TPSA) is 72.7 Å². The molecule has 3 aromatic rings. The normalized spacial score (nSPS) is 10.9. The smallest absolute Gasteiger partial charge is 0.191 e. The Labute approximate surface area is 207 Å². The van der Waals surface area contributed by atoms with Crippen LogP contribution in [0.1, 0.15) is 22.5 Å². The van der Waals surface area contributed by atoms with Crippen LogP contribution in [0.5, 0.6) is 11.5 Å². The Kier molecular flexibility index (Phi) is 10.3. The average molecular weight is 549 g/mol. The number of aromatic nitrogens is 2. The molecule has 0 saturated carbocycles. The summed E-state index contributed by atoms with van der Waals surface area (Å²) < 4.78 is 12.8. The summed E-state index contributed by atoms with van der Waals surface area (Å²) in [6.45, 7) is 4.29. The first-order valence-corrected chi connectivity index (χ1v) is 10.3. The largest absolute Gasteiger partial charge is 0.493 e. The summed E-state index contributed by atoms with van der Waals surface area (Å²) in [6, 6.07) is 14.5. The number of imidazole rings is 1. The maximum absolute atomic E-state index is 5.38. The molecule has 7 nitrogen and oxygen atoms in total. The average Bonchev–Trinajstić information content (AvgIpc) is 3.20. The number of aryl methyl sites for hydroxylation is 1. The van der Waals surface area contributed by atoms with Gasteiger partial charge in [-0.25, -0.2) is 4.98 Å². The van der Waals surface area contributed by atoms with Gasteiger partial charge in [0.1, 0.15) is 5.82 Å². The van der Waals surface area contributed by atoms with E-state index in [0.717, 1.165) is 42.8 Å². The first-order valence-electron chi connectivity index (χ1n) is 10.3. The SMILES string of the molecule is CN=C(NCCc1ccc(OC)c(OC)c1)NCc1cccc(Cn2ccnc2C)c1.I. The summed E-state index contributed by atoms with van der Waals surface area (Å²) in [7, 11) is 5.07. The molecule has 0 bridgehead atoms. The van der Waals surface area contributed by atoms with Crippen molar-refractivity contribution < 1.29 is 9.47 Å². The Morgan fingerprint density at radius 2 is 1.78 bits per heavy atom. The maximum atomic E-state index is 5.38. The molecule has 2 N–H and O–H groups in total. The van der Waals surface area contributed by atoms with E-state index < -0.39 is 0 Å². The van der Waals surface area contributed by atoms with Gasteiger partial charge in [0, 0.05) is 39.1 Å². The number of benzene rings is 2. The Balaban J connectivity index is 0.00000363. The fourth-order valence-corrected chi connectivity index (χ4v) is 3.37. The van der Waals surface area contributed by atoms with Gasteiger partial charge in [-0.15, -0.1) is 24.0 Å². The van der Waals surface area contributed by atoms with Gasteiger partial charge >= 0.3 is 0 Å². The Morgan fingerprint density at radius 3 is 2.47 bits per heavy atom. The number of hydrogen-bond donors (Lipinski definition) is 2. The van der Waals surface area contributed by atoms with E-state index in [2.05, 4.69) is 49.4 Å². The van der Waals surface area contributed by atoms with E-state index in [1.54, 1.807) is 21.3 Å². The zero-order valence-corrected chi connectivity index (χ0v) is 21.4. The molecule has 32 heavy (non-hydrogen) atoms. The van der Waals surface area contributed by atoms with Crippen molar-refractivity contribution in [3.05, 3.63) is 77.4 Å². The second kappa shape index (κ2) is 12.9. The van der Waals surface area contributed by atoms with E-state index >= 15 is 0 Å². The lowest BCUT2D eigenvalue weighted by molar-refractivity contribution is 0.354. The number of methoxy groups -OCH3 is 2. The van der Waals surface area contributed by atoms with Crippen LogP contribution >= 0.6 is 24.0 Å². The molecule has 0 aliphatic rings. The highest BCUT2D eigenvalue weighted by Crippen LogP contribution is 2.27. The van der Waals surface area contributed by atoms with Gasteiger partial charge in [-0.3, -0.25) is 4.99 Å². The fraction of sp³-hybridized carbons (Fsp3) is 0.333. The standard InChI is InChI=1S/C24H31N5O2.HI/c1-18-26-12-13-29(18)17-21-7-5-6-20(14-21)16-28-24(25-2)27-11-10-19-8-9-22(30-3)23(15-19)31-4;/h5-9,12-15H,10-11,16-17H2,1-4H3,(H2,25,27,28);1H. The molecule has 0 atom stereocenters. The molecule has 0 unspecified atom stereocenters. The van der Waals surface area contributed by atoms with Gasteiger partial charge in [0.25, 0.3) is 0 Å². The predicted molar refractivity (Wildman–Crippen MR) is 139 cm³/mol. The predicted octanol–water partition coefficient (Wildman–Crippen LogP) is 3.78. The van der Waals surface area contributed by atoms with Crippen molar-refractivity contribution in [2.75, 3.05) is 27.8 Å². The summed E-state index contributed by atoms with van der Waals surface area (Å²) in [5, 5.41) is 6.75. The summed E-state index contributed by atoms with van der Waals surface area (Å²) in [5.41, 5.74) is 3.62. The Morgan fingerprint density at radius 1 is 1.00 bits per heavy atom. The lowest BCUT2D eigenvalue weighted by Gasteiger charge is -2.14. The number of nitrogens with zero attached hydrogens (tertiary/aromatic N) is 3. The summed E-state index contributed by atoms with van der Waals surface area (Å²) >= 11 is 0. The van der Waals surface area contributed by atoms with Crippen LogP contribution in [0.4, 0.5) is 0 Å². The van der Waals surface area contributed by atoms with Crippen molar-refractivity contribution in [1.82, 2.24) is 20.2 Å². The van der Waals surface area contributed by atoms with Crippen molar-refractivity contribution in [2.24, 2.45) is 4.99 Å². The lowest BCUT2D eigenvalue weighted by atomic mass is 10.1. The van der Waals surface area contributed by atoms with Gasteiger partial charge in [0.2, 0.25) is 0 Å². The third-order valence-corrected chi connectivity index (χ3v) is 5.11. The third kappa shape index (κ3) is 7.15. The number of rotatable bonds is 9. The molecule has 0 aliphatic carbocycles. The third-order valence-electron chi connectivity index (χ3n) is 5.11. The maximum Gasteiger partial charge on any atom is 0.191 e. The number of halogens is 1. The molecule has 1 aromatic heterocycles. The molecule has 172 valence electrons. The molecule has 0 spiro atoms. The minimum absolute atomic E-state index is 0. The molecule has 0 amide bonds. The number of ether oxygens (including phenoxy) is 2. The molecule has 0 fully saturated rings. The van der Waals surface area contributed by atoms with Crippen molar-refractivity contribution in [1.29, 1.82) is 0 Å². The van der Waals surface area contributed by atoms with E-state index in [0.29, 0.717) is 6.54 Å². The quantitative estimate of drug-likeness (QED) is 0.242. The zero-order chi connectivity index (χ0) is 22.1. The van der Waals surface area contributed by atoms with Crippen LogP contribution in [0.15, 0.2) is 59.9 Å². The second-order valence-electron chi connectivity index (χ2n) is 7.21. The van der Waals surface area contributed by atoms with E-state index in [1.807, 2.05) is 37.5 Å². The zero-order valence-electron chi connectivity index (χ0n) is 19.1. The molecule has 8 heteroatoms. The van der Waals surface area contributed by atoms with Crippen LogP contribution in [-0.2, 0) is 19.5 Å². The summed E-state index contributed by atoms with van der Waals surface area (Å²) in [5.74, 6) is 3.27. The van der Waals surface area contributed by atoms with Gasteiger partial charge in [-0.1, -0.05) is 30.3 Å². The van der Waals surface area contributed by atoms with Crippen LogP contribution in [0, 0.1) is 6.92 Å². The highest BCUT2D eigenvalue weighted by Gasteiger charge is 2.05. The minimum Gasteiger partial charge on any atom is -0.493 e. The summed E-state index contributed by atoms with van der Waals surface area (Å²) in [6.07, 6.45) is 4.68. The Hall–Kier alpha value is -2.75. The van der Waals surface area contributed by atoms with E-state index in [1.165, 1.54) is 16.7 Å². The van der Waals surface area contributed by atoms with E-state index in [9.17, 15) is 0 Å². The van der Waals surface area contributed by atoms with Crippen molar-refractivity contribution >= 4 is 29.9 Å². The van der Waals surface area contributed by atoms with Gasteiger partial charge in [0.05, 0.1) is 14.2 Å². The van der Waals surface area contributed by atoms with Gasteiger partial charge < -0.3 is 24.7 Å². The molecule has 0 aliphatic heterocycles. The fourth-order valence-electron chi connectivity index (χ4n) is 3.37. The first kappa shape index (κ1) is 25.5. The highest BCUT2D eigenvalue weighted by molar-refractivity contribution is 14.0. The van der Waals surface area contributed by atoms with E-state index in [4.69, 9.17) is 9.47 Å². The van der Waals surface area contributed by atoms with Crippen LogP contribution in [-0.4, -0.2) is 43.3 Å². The van der Waals surface area contributed by atoms with Gasteiger partial charge in [0.15, 0.2) is 17.5 Å². The first-order chi connectivity index (χ1) is 15.1. The minimum atomic E-state index is 0. The summed E-state index contributed by atoms with van der Waals surface area (Å²) in [4.78, 5) is 8.62. The van der Waals surface area contributed by atoms with Crippen LogP contribution in [0.25, 0.3) is 0 Å². The molecular weight excluding hydrogens is 517 g/mol. The Bertz CT molecular complexity index is 1020.